The SMILES string of the molecule is CC(C)(C)NS(=O)(=O)c1ccc(/C=C/C(=O)[O-])cc1. The number of nitrogens with one attached hydrogen (secondary N) is 1. The molecule has 0 saturated carbocycles. The molecule has 0 saturated heterocycles. The van der Waals surface area contributed by atoms with Gasteiger partial charge in [0.05, 0.1) is 10.9 Å². The number of hydrogen-bond acceptors (Lipinski definition) is 4. The molecule has 0 aliphatic rings. The molecular weight excluding hydrogens is 266 g/mol. The van der Waals surface area contributed by atoms with E-state index in [-0.39, 0.29) is 4.90 Å². The van der Waals surface area contributed by atoms with Crippen molar-refractivity contribution in [3.05, 3.63) is 35.9 Å². The predicted octanol–water partition coefficient (Wildman–Crippen LogP) is 0.526. The molecule has 5 nitrogen and oxygen atoms in total. The first-order chi connectivity index (χ1) is 8.60. The van der Waals surface area contributed by atoms with E-state index < -0.39 is 21.5 Å². The van der Waals surface area contributed by atoms with Gasteiger partial charge in [0.15, 0.2) is 0 Å². The fourth-order valence-corrected chi connectivity index (χ4v) is 2.80. The maximum atomic E-state index is 12.0. The Balaban J connectivity index is 2.96. The van der Waals surface area contributed by atoms with Crippen LogP contribution in [0.5, 0.6) is 0 Å². The van der Waals surface area contributed by atoms with Crippen molar-refractivity contribution in [2.75, 3.05) is 0 Å². The Morgan fingerprint density at radius 3 is 2.16 bits per heavy atom. The molecule has 1 aromatic rings. The van der Waals surface area contributed by atoms with E-state index in [1.165, 1.54) is 30.3 Å². The van der Waals surface area contributed by atoms with Gasteiger partial charge in [0.1, 0.15) is 0 Å². The van der Waals surface area contributed by atoms with Crippen LogP contribution in [0, 0.1) is 0 Å². The van der Waals surface area contributed by atoms with E-state index in [9.17, 15) is 18.3 Å². The molecule has 1 N–H and O–H groups in total. The highest BCUT2D eigenvalue weighted by molar-refractivity contribution is 7.89. The van der Waals surface area contributed by atoms with Gasteiger partial charge in [-0.25, -0.2) is 13.1 Å². The lowest BCUT2D eigenvalue weighted by atomic mass is 10.1. The molecule has 0 heterocycles. The zero-order valence-corrected chi connectivity index (χ0v) is 11.8. The molecule has 0 unspecified atom stereocenters. The zero-order chi connectivity index (χ0) is 14.7. The molecule has 0 spiro atoms. The van der Waals surface area contributed by atoms with Gasteiger partial charge in [-0.15, -0.1) is 0 Å². The molecule has 0 fully saturated rings. The van der Waals surface area contributed by atoms with Gasteiger partial charge in [0, 0.05) is 5.54 Å². The van der Waals surface area contributed by atoms with Gasteiger partial charge in [-0.05, 0) is 44.5 Å². The Morgan fingerprint density at radius 1 is 1.21 bits per heavy atom. The smallest absolute Gasteiger partial charge is 0.241 e. The van der Waals surface area contributed by atoms with Crippen LogP contribution < -0.4 is 9.83 Å². The second-order valence-electron chi connectivity index (χ2n) is 5.08. The van der Waals surface area contributed by atoms with Crippen molar-refractivity contribution < 1.29 is 18.3 Å². The van der Waals surface area contributed by atoms with Gasteiger partial charge in [0.25, 0.3) is 0 Å². The molecule has 6 heteroatoms. The third-order valence-corrected chi connectivity index (χ3v) is 3.82. The minimum Gasteiger partial charge on any atom is -0.545 e. The average Bonchev–Trinajstić information content (AvgIpc) is 2.23. The number of sulfonamides is 1. The average molecular weight is 282 g/mol. The monoisotopic (exact) mass is 282 g/mol. The Kier molecular flexibility index (Phi) is 4.49. The van der Waals surface area contributed by atoms with Crippen LogP contribution in [-0.4, -0.2) is 19.9 Å². The number of hydrogen-bond donors (Lipinski definition) is 1. The molecule has 0 aromatic heterocycles. The quantitative estimate of drug-likeness (QED) is 0.816. The van der Waals surface area contributed by atoms with Crippen LogP contribution >= 0.6 is 0 Å². The number of carbonyl (C=O) groups excluding carboxylic acids is 1. The second kappa shape index (κ2) is 5.54. The minimum absolute atomic E-state index is 0.132. The number of carboxylic acids is 1. The molecule has 0 radical (unpaired) electrons. The number of benzene rings is 1. The van der Waals surface area contributed by atoms with E-state index in [2.05, 4.69) is 4.72 Å². The summed E-state index contributed by atoms with van der Waals surface area (Å²) in [7, 11) is -3.57. The molecule has 1 aromatic carbocycles. The van der Waals surface area contributed by atoms with E-state index in [0.29, 0.717) is 5.56 Å². The summed E-state index contributed by atoms with van der Waals surface area (Å²) < 4.78 is 26.5. The molecular formula is C13H16NO4S-. The largest absolute Gasteiger partial charge is 0.545 e. The summed E-state index contributed by atoms with van der Waals surface area (Å²) >= 11 is 0. The third kappa shape index (κ3) is 5.23. The summed E-state index contributed by atoms with van der Waals surface area (Å²) in [5.41, 5.74) is 0.0192. The van der Waals surface area contributed by atoms with Crippen molar-refractivity contribution in [1.29, 1.82) is 0 Å². The van der Waals surface area contributed by atoms with Gasteiger partial charge in [-0.1, -0.05) is 18.2 Å². The van der Waals surface area contributed by atoms with E-state index >= 15 is 0 Å². The van der Waals surface area contributed by atoms with Crippen LogP contribution in [0.2, 0.25) is 0 Å². The molecule has 104 valence electrons. The minimum atomic E-state index is -3.57. The number of carboxylic acid groups (broad SMARTS) is 1. The summed E-state index contributed by atoms with van der Waals surface area (Å²) in [4.78, 5) is 10.4. The molecule has 19 heavy (non-hydrogen) atoms. The predicted molar refractivity (Wildman–Crippen MR) is 70.6 cm³/mol. The summed E-state index contributed by atoms with van der Waals surface area (Å²) in [6.07, 6.45) is 2.22. The highest BCUT2D eigenvalue weighted by atomic mass is 32.2. The van der Waals surface area contributed by atoms with Gasteiger partial charge >= 0.3 is 0 Å². The highest BCUT2D eigenvalue weighted by Crippen LogP contribution is 2.14. The highest BCUT2D eigenvalue weighted by Gasteiger charge is 2.21. The third-order valence-electron chi connectivity index (χ3n) is 2.04. The normalized spacial score (nSPS) is 12.8. The molecule has 0 amide bonds. The van der Waals surface area contributed by atoms with Gasteiger partial charge in [-0.3, -0.25) is 0 Å². The van der Waals surface area contributed by atoms with E-state index in [4.69, 9.17) is 0 Å². The Morgan fingerprint density at radius 2 is 1.74 bits per heavy atom. The van der Waals surface area contributed by atoms with E-state index in [0.717, 1.165) is 6.08 Å². The van der Waals surface area contributed by atoms with Crippen LogP contribution in [0.4, 0.5) is 0 Å². The van der Waals surface area contributed by atoms with Crippen molar-refractivity contribution >= 4 is 22.1 Å². The maximum absolute atomic E-state index is 12.0. The van der Waals surface area contributed by atoms with Crippen LogP contribution in [-0.2, 0) is 14.8 Å². The van der Waals surface area contributed by atoms with Crippen molar-refractivity contribution in [2.45, 2.75) is 31.2 Å². The van der Waals surface area contributed by atoms with Crippen molar-refractivity contribution in [3.8, 4) is 0 Å². The Bertz CT molecular complexity index is 580. The van der Waals surface area contributed by atoms with Crippen LogP contribution in [0.1, 0.15) is 26.3 Å². The fraction of sp³-hybridized carbons (Fsp3) is 0.308. The molecule has 0 atom stereocenters. The number of carbonyl (C=O) groups is 1. The summed E-state index contributed by atoms with van der Waals surface area (Å²) in [6, 6.07) is 5.89. The zero-order valence-electron chi connectivity index (χ0n) is 11.0. The van der Waals surface area contributed by atoms with Crippen LogP contribution in [0.15, 0.2) is 35.2 Å². The van der Waals surface area contributed by atoms with Crippen molar-refractivity contribution in [3.63, 3.8) is 0 Å². The Labute approximate surface area is 113 Å². The molecule has 0 bridgehead atoms. The number of aliphatic carboxylic acids is 1. The standard InChI is InChI=1S/C13H17NO4S/c1-13(2,3)14-19(17,18)11-7-4-10(5-8-11)6-9-12(15)16/h4-9,14H,1-3H3,(H,15,16)/p-1/b9-6+. The van der Waals surface area contributed by atoms with Crippen molar-refractivity contribution in [1.82, 2.24) is 4.72 Å². The lowest BCUT2D eigenvalue weighted by molar-refractivity contribution is -0.297. The fourth-order valence-electron chi connectivity index (χ4n) is 1.38. The second-order valence-corrected chi connectivity index (χ2v) is 6.76. The molecule has 1 rings (SSSR count). The van der Waals surface area contributed by atoms with Gasteiger partial charge in [0.2, 0.25) is 10.0 Å². The van der Waals surface area contributed by atoms with Gasteiger partial charge in [-0.2, -0.15) is 0 Å². The summed E-state index contributed by atoms with van der Waals surface area (Å²) in [6.45, 7) is 5.25. The lowest BCUT2D eigenvalue weighted by Gasteiger charge is -2.20. The summed E-state index contributed by atoms with van der Waals surface area (Å²) in [5.74, 6) is -1.30. The van der Waals surface area contributed by atoms with Crippen molar-refractivity contribution in [2.24, 2.45) is 0 Å². The van der Waals surface area contributed by atoms with E-state index in [1.54, 1.807) is 20.8 Å². The first-order valence-electron chi connectivity index (χ1n) is 5.63. The lowest BCUT2D eigenvalue weighted by Crippen LogP contribution is -2.40. The van der Waals surface area contributed by atoms with E-state index in [1.807, 2.05) is 0 Å². The first kappa shape index (κ1) is 15.4. The summed E-state index contributed by atoms with van der Waals surface area (Å²) in [5, 5.41) is 10.3. The molecule has 0 aliphatic carbocycles. The first-order valence-corrected chi connectivity index (χ1v) is 7.12. The number of rotatable bonds is 4. The topological polar surface area (TPSA) is 86.3 Å². The maximum Gasteiger partial charge on any atom is 0.241 e. The Hall–Kier alpha value is -1.66. The van der Waals surface area contributed by atoms with Crippen LogP contribution in [0.25, 0.3) is 6.08 Å². The van der Waals surface area contributed by atoms with Crippen LogP contribution in [0.3, 0.4) is 0 Å². The van der Waals surface area contributed by atoms with Gasteiger partial charge < -0.3 is 9.90 Å². The molecule has 0 aliphatic heterocycles.